The van der Waals surface area contributed by atoms with Crippen LogP contribution >= 0.6 is 0 Å². The van der Waals surface area contributed by atoms with Crippen LogP contribution in [0, 0.1) is 5.92 Å². The molecule has 1 atom stereocenters. The van der Waals surface area contributed by atoms with Gasteiger partial charge in [0.15, 0.2) is 0 Å². The molecule has 8 heteroatoms. The molecule has 3 aromatic rings. The molecule has 1 unspecified atom stereocenters. The Balaban J connectivity index is 1.42. The Labute approximate surface area is 194 Å². The summed E-state index contributed by atoms with van der Waals surface area (Å²) in [7, 11) is 3.35. The highest BCUT2D eigenvalue weighted by Gasteiger charge is 2.22. The summed E-state index contributed by atoms with van der Waals surface area (Å²) in [4.78, 5) is 25.7. The largest absolute Gasteiger partial charge is 0.497 e. The van der Waals surface area contributed by atoms with Gasteiger partial charge in [0.2, 0.25) is 5.91 Å². The van der Waals surface area contributed by atoms with Crippen molar-refractivity contribution in [2.24, 2.45) is 13.0 Å². The molecular formula is C25H35N5O3. The third-order valence-corrected chi connectivity index (χ3v) is 6.88. The number of amides is 1. The summed E-state index contributed by atoms with van der Waals surface area (Å²) in [5, 5.41) is 12.3. The van der Waals surface area contributed by atoms with Gasteiger partial charge in [0.1, 0.15) is 11.8 Å². The fourth-order valence-electron chi connectivity index (χ4n) is 4.88. The minimum Gasteiger partial charge on any atom is -0.497 e. The van der Waals surface area contributed by atoms with Crippen molar-refractivity contribution < 1.29 is 9.53 Å². The number of fused-ring (bicyclic) bond motifs is 3. The number of benzene rings is 1. The third-order valence-electron chi connectivity index (χ3n) is 6.88. The second-order valence-electron chi connectivity index (χ2n) is 9.13. The van der Waals surface area contributed by atoms with Crippen LogP contribution in [0.25, 0.3) is 21.8 Å². The van der Waals surface area contributed by atoms with Crippen molar-refractivity contribution in [3.05, 3.63) is 34.7 Å². The van der Waals surface area contributed by atoms with Crippen molar-refractivity contribution in [2.75, 3.05) is 26.7 Å². The molecule has 1 aliphatic carbocycles. The van der Waals surface area contributed by atoms with E-state index in [1.807, 2.05) is 25.1 Å². The van der Waals surface area contributed by atoms with Crippen LogP contribution in [-0.4, -0.2) is 47.0 Å². The molecule has 33 heavy (non-hydrogen) atoms. The van der Waals surface area contributed by atoms with Gasteiger partial charge >= 0.3 is 0 Å². The summed E-state index contributed by atoms with van der Waals surface area (Å²) in [5.41, 5.74) is 1.29. The molecule has 1 aliphatic rings. The van der Waals surface area contributed by atoms with Gasteiger partial charge in [-0.1, -0.05) is 19.3 Å². The number of methoxy groups -OCH3 is 1. The van der Waals surface area contributed by atoms with Gasteiger partial charge in [0, 0.05) is 19.0 Å². The molecule has 0 spiro atoms. The first-order valence-electron chi connectivity index (χ1n) is 12.0. The number of pyridine rings is 1. The number of carbonyl (C=O) groups excluding carboxylic acids is 1. The van der Waals surface area contributed by atoms with E-state index in [0.29, 0.717) is 23.2 Å². The Morgan fingerprint density at radius 2 is 2.00 bits per heavy atom. The Hall–Kier alpha value is -2.87. The van der Waals surface area contributed by atoms with E-state index in [9.17, 15) is 9.59 Å². The number of rotatable bonds is 9. The van der Waals surface area contributed by atoms with Crippen LogP contribution in [-0.2, 0) is 11.8 Å². The predicted molar refractivity (Wildman–Crippen MR) is 131 cm³/mol. The molecule has 0 bridgehead atoms. The van der Waals surface area contributed by atoms with Crippen LogP contribution in [0.4, 0.5) is 0 Å². The number of carbonyl (C=O) groups is 1. The number of hydrogen-bond donors (Lipinski definition) is 2. The van der Waals surface area contributed by atoms with Crippen LogP contribution < -0.4 is 20.9 Å². The van der Waals surface area contributed by atoms with Gasteiger partial charge in [0.25, 0.3) is 5.56 Å². The van der Waals surface area contributed by atoms with E-state index in [1.54, 1.807) is 29.6 Å². The van der Waals surface area contributed by atoms with Crippen molar-refractivity contribution in [3.63, 3.8) is 0 Å². The van der Waals surface area contributed by atoms with E-state index in [0.717, 1.165) is 36.3 Å². The fraction of sp³-hybridized carbons (Fsp3) is 0.560. The summed E-state index contributed by atoms with van der Waals surface area (Å²) >= 11 is 0. The summed E-state index contributed by atoms with van der Waals surface area (Å²) in [5.74, 6) is 1.39. The zero-order chi connectivity index (χ0) is 23.4. The standard InChI is InChI=1S/C25H35N5O3/c1-17(24(31)27-13-7-12-26-15-18-8-5-4-6-9-18)30-23-20-14-19(33-3)10-11-22(20)29(2)25(32)21(23)16-28-30/h10-11,14,16-18,26H,4-9,12-13,15H2,1-3H3,(H,27,31). The number of aromatic nitrogens is 3. The third kappa shape index (κ3) is 4.90. The van der Waals surface area contributed by atoms with E-state index in [1.165, 1.54) is 32.1 Å². The van der Waals surface area contributed by atoms with E-state index in [-0.39, 0.29) is 11.5 Å². The van der Waals surface area contributed by atoms with Gasteiger partial charge in [-0.2, -0.15) is 5.10 Å². The maximum atomic E-state index is 12.9. The number of hydrogen-bond acceptors (Lipinski definition) is 5. The molecule has 0 saturated heterocycles. The highest BCUT2D eigenvalue weighted by atomic mass is 16.5. The lowest BCUT2D eigenvalue weighted by Gasteiger charge is -2.21. The Morgan fingerprint density at radius 1 is 1.21 bits per heavy atom. The van der Waals surface area contributed by atoms with Crippen LogP contribution in [0.2, 0.25) is 0 Å². The summed E-state index contributed by atoms with van der Waals surface area (Å²) in [6.07, 6.45) is 9.20. The van der Waals surface area contributed by atoms with Crippen LogP contribution in [0.3, 0.4) is 0 Å². The van der Waals surface area contributed by atoms with Gasteiger partial charge in [-0.15, -0.1) is 0 Å². The minimum absolute atomic E-state index is 0.107. The molecule has 1 amide bonds. The average Bonchev–Trinajstić information content (AvgIpc) is 3.29. The molecule has 2 aromatic heterocycles. The first kappa shape index (κ1) is 23.3. The first-order chi connectivity index (χ1) is 16.0. The summed E-state index contributed by atoms with van der Waals surface area (Å²) in [6, 6.07) is 5.03. The van der Waals surface area contributed by atoms with E-state index < -0.39 is 6.04 Å². The summed E-state index contributed by atoms with van der Waals surface area (Å²) < 4.78 is 8.64. The highest BCUT2D eigenvalue weighted by molar-refractivity contribution is 6.04. The maximum absolute atomic E-state index is 12.9. The van der Waals surface area contributed by atoms with E-state index in [4.69, 9.17) is 4.74 Å². The molecule has 4 rings (SSSR count). The van der Waals surface area contributed by atoms with Gasteiger partial charge < -0.3 is 19.9 Å². The smallest absolute Gasteiger partial charge is 0.261 e. The average molecular weight is 454 g/mol. The predicted octanol–water partition coefficient (Wildman–Crippen LogP) is 3.13. The number of aryl methyl sites for hydroxylation is 1. The molecule has 0 radical (unpaired) electrons. The van der Waals surface area contributed by atoms with E-state index >= 15 is 0 Å². The van der Waals surface area contributed by atoms with Crippen LogP contribution in [0.5, 0.6) is 5.75 Å². The molecule has 2 N–H and O–H groups in total. The Bertz CT molecular complexity index is 1180. The summed E-state index contributed by atoms with van der Waals surface area (Å²) in [6.45, 7) is 4.40. The highest BCUT2D eigenvalue weighted by Crippen LogP contribution is 2.28. The molecule has 1 aromatic carbocycles. The molecule has 2 heterocycles. The van der Waals surface area contributed by atoms with Crippen molar-refractivity contribution in [1.82, 2.24) is 25.0 Å². The van der Waals surface area contributed by atoms with Crippen LogP contribution in [0.1, 0.15) is 51.5 Å². The Morgan fingerprint density at radius 3 is 2.76 bits per heavy atom. The number of nitrogens with zero attached hydrogens (tertiary/aromatic N) is 3. The fourth-order valence-corrected chi connectivity index (χ4v) is 4.88. The SMILES string of the molecule is COc1ccc2c(c1)c1c(cnn1C(C)C(=O)NCCCNCC1CCCCC1)c(=O)n2C. The lowest BCUT2D eigenvalue weighted by Crippen LogP contribution is -2.34. The second-order valence-corrected chi connectivity index (χ2v) is 9.13. The molecule has 178 valence electrons. The first-order valence-corrected chi connectivity index (χ1v) is 12.0. The van der Waals surface area contributed by atoms with Crippen LogP contribution in [0.15, 0.2) is 29.2 Å². The minimum atomic E-state index is -0.542. The molecule has 1 fully saturated rings. The van der Waals surface area contributed by atoms with Gasteiger partial charge in [-0.3, -0.25) is 14.3 Å². The van der Waals surface area contributed by atoms with Crippen molar-refractivity contribution in [1.29, 1.82) is 0 Å². The lowest BCUT2D eigenvalue weighted by molar-refractivity contribution is -0.124. The van der Waals surface area contributed by atoms with E-state index in [2.05, 4.69) is 15.7 Å². The zero-order valence-corrected chi connectivity index (χ0v) is 19.9. The normalized spacial score (nSPS) is 15.7. The Kier molecular flexibility index (Phi) is 7.33. The molecule has 0 aliphatic heterocycles. The lowest BCUT2D eigenvalue weighted by atomic mass is 9.89. The topological polar surface area (TPSA) is 90.2 Å². The van der Waals surface area contributed by atoms with Crippen molar-refractivity contribution in [2.45, 2.75) is 51.5 Å². The number of ether oxygens (including phenoxy) is 1. The van der Waals surface area contributed by atoms with Gasteiger partial charge in [-0.05, 0) is 63.4 Å². The quantitative estimate of drug-likeness (QED) is 0.486. The van der Waals surface area contributed by atoms with Gasteiger partial charge in [-0.25, -0.2) is 0 Å². The molecule has 8 nitrogen and oxygen atoms in total. The second kappa shape index (κ2) is 10.4. The number of nitrogens with one attached hydrogen (secondary N) is 2. The van der Waals surface area contributed by atoms with Crippen molar-refractivity contribution >= 4 is 27.7 Å². The van der Waals surface area contributed by atoms with Gasteiger partial charge in [0.05, 0.1) is 29.7 Å². The monoisotopic (exact) mass is 453 g/mol. The zero-order valence-electron chi connectivity index (χ0n) is 19.9. The molecular weight excluding hydrogens is 418 g/mol. The molecule has 1 saturated carbocycles. The maximum Gasteiger partial charge on any atom is 0.261 e. The van der Waals surface area contributed by atoms with Crippen molar-refractivity contribution in [3.8, 4) is 5.75 Å².